The Kier molecular flexibility index (Phi) is 2.74. The molecule has 0 amide bonds. The van der Waals surface area contributed by atoms with Crippen molar-refractivity contribution in [1.29, 1.82) is 0 Å². The van der Waals surface area contributed by atoms with E-state index in [0.29, 0.717) is 0 Å². The molecule has 1 unspecified atom stereocenters. The van der Waals surface area contributed by atoms with Crippen LogP contribution in [0.5, 0.6) is 0 Å². The van der Waals surface area contributed by atoms with Crippen LogP contribution in [-0.2, 0) is 0 Å². The van der Waals surface area contributed by atoms with Gasteiger partial charge in [0.2, 0.25) is 0 Å². The quantitative estimate of drug-likeness (QED) is 0.724. The minimum absolute atomic E-state index is 0.104. The van der Waals surface area contributed by atoms with Crippen LogP contribution in [0.3, 0.4) is 0 Å². The molecule has 2 heteroatoms. The Hall–Kier alpha value is -0.860. The van der Waals surface area contributed by atoms with Crippen LogP contribution in [0.1, 0.15) is 31.0 Å². The highest BCUT2D eigenvalue weighted by atomic mass is 14.8. The summed E-state index contributed by atoms with van der Waals surface area (Å²) in [4.78, 5) is 0. The standard InChI is InChI=1S/C11H18N2/c1-8-5-4-6-9(7-8)10(12)11(2,3)13/h4-7,10H,12-13H2,1-3H3. The zero-order chi connectivity index (χ0) is 10.1. The highest BCUT2D eigenvalue weighted by Gasteiger charge is 2.22. The van der Waals surface area contributed by atoms with Crippen LogP contribution in [0.4, 0.5) is 0 Å². The van der Waals surface area contributed by atoms with Crippen molar-refractivity contribution in [2.24, 2.45) is 11.5 Å². The topological polar surface area (TPSA) is 52.0 Å². The van der Waals surface area contributed by atoms with Crippen molar-refractivity contribution >= 4 is 0 Å². The second kappa shape index (κ2) is 3.48. The maximum Gasteiger partial charge on any atom is 0.0472 e. The van der Waals surface area contributed by atoms with E-state index in [9.17, 15) is 0 Å². The first-order valence-corrected chi connectivity index (χ1v) is 4.52. The molecule has 1 rings (SSSR count). The molecule has 0 saturated heterocycles. The molecule has 0 radical (unpaired) electrons. The number of benzene rings is 1. The first kappa shape index (κ1) is 10.2. The monoisotopic (exact) mass is 178 g/mol. The van der Waals surface area contributed by atoms with Crippen molar-refractivity contribution in [3.8, 4) is 0 Å². The Bertz CT molecular complexity index is 286. The highest BCUT2D eigenvalue weighted by Crippen LogP contribution is 2.21. The minimum Gasteiger partial charge on any atom is -0.324 e. The maximum atomic E-state index is 6.02. The fourth-order valence-corrected chi connectivity index (χ4v) is 1.29. The average molecular weight is 178 g/mol. The lowest BCUT2D eigenvalue weighted by Gasteiger charge is -2.27. The molecule has 1 atom stereocenters. The van der Waals surface area contributed by atoms with Gasteiger partial charge in [0.1, 0.15) is 0 Å². The number of aryl methyl sites for hydroxylation is 1. The summed E-state index contributed by atoms with van der Waals surface area (Å²) in [5, 5.41) is 0. The number of nitrogens with two attached hydrogens (primary N) is 2. The zero-order valence-corrected chi connectivity index (χ0v) is 8.54. The fraction of sp³-hybridized carbons (Fsp3) is 0.455. The summed E-state index contributed by atoms with van der Waals surface area (Å²) in [5.74, 6) is 0. The molecule has 2 nitrogen and oxygen atoms in total. The Labute approximate surface area is 79.9 Å². The van der Waals surface area contributed by atoms with Gasteiger partial charge in [-0.05, 0) is 26.3 Å². The molecule has 72 valence electrons. The van der Waals surface area contributed by atoms with Crippen LogP contribution in [0.25, 0.3) is 0 Å². The van der Waals surface area contributed by atoms with Crippen LogP contribution in [0.2, 0.25) is 0 Å². The van der Waals surface area contributed by atoms with Gasteiger partial charge in [0.05, 0.1) is 0 Å². The Balaban J connectivity index is 2.96. The lowest BCUT2D eigenvalue weighted by atomic mass is 9.90. The van der Waals surface area contributed by atoms with Crippen molar-refractivity contribution in [3.63, 3.8) is 0 Å². The molecular weight excluding hydrogens is 160 g/mol. The van der Waals surface area contributed by atoms with E-state index in [1.807, 2.05) is 26.0 Å². The first-order valence-electron chi connectivity index (χ1n) is 4.52. The molecule has 0 spiro atoms. The van der Waals surface area contributed by atoms with E-state index in [2.05, 4.69) is 19.1 Å². The molecule has 0 aliphatic rings. The van der Waals surface area contributed by atoms with Crippen LogP contribution in [-0.4, -0.2) is 5.54 Å². The van der Waals surface area contributed by atoms with Crippen molar-refractivity contribution in [2.45, 2.75) is 32.4 Å². The zero-order valence-electron chi connectivity index (χ0n) is 8.54. The summed E-state index contributed by atoms with van der Waals surface area (Å²) >= 11 is 0. The fourth-order valence-electron chi connectivity index (χ4n) is 1.29. The van der Waals surface area contributed by atoms with Crippen molar-refractivity contribution in [1.82, 2.24) is 0 Å². The van der Waals surface area contributed by atoms with Crippen LogP contribution in [0.15, 0.2) is 24.3 Å². The molecule has 1 aromatic rings. The van der Waals surface area contributed by atoms with Gasteiger partial charge in [-0.3, -0.25) is 0 Å². The summed E-state index contributed by atoms with van der Waals surface area (Å²) in [7, 11) is 0. The molecule has 0 aliphatic carbocycles. The van der Waals surface area contributed by atoms with Gasteiger partial charge in [0.25, 0.3) is 0 Å². The summed E-state index contributed by atoms with van der Waals surface area (Å²) in [5.41, 5.74) is 13.9. The average Bonchev–Trinajstić information content (AvgIpc) is 2.01. The predicted octanol–water partition coefficient (Wildman–Crippen LogP) is 1.73. The first-order chi connectivity index (χ1) is 5.91. The smallest absolute Gasteiger partial charge is 0.0472 e. The Morgan fingerprint density at radius 2 is 1.92 bits per heavy atom. The lowest BCUT2D eigenvalue weighted by Crippen LogP contribution is -2.43. The van der Waals surface area contributed by atoms with E-state index in [1.165, 1.54) is 5.56 Å². The van der Waals surface area contributed by atoms with E-state index in [0.717, 1.165) is 5.56 Å². The third-order valence-corrected chi connectivity index (χ3v) is 2.20. The second-order valence-electron chi connectivity index (χ2n) is 4.21. The van der Waals surface area contributed by atoms with E-state index in [4.69, 9.17) is 11.5 Å². The van der Waals surface area contributed by atoms with Gasteiger partial charge in [-0.1, -0.05) is 29.8 Å². The molecule has 13 heavy (non-hydrogen) atoms. The number of hydrogen-bond acceptors (Lipinski definition) is 2. The van der Waals surface area contributed by atoms with Gasteiger partial charge < -0.3 is 11.5 Å². The normalized spacial score (nSPS) is 14.2. The van der Waals surface area contributed by atoms with E-state index < -0.39 is 0 Å². The third-order valence-electron chi connectivity index (χ3n) is 2.20. The molecule has 0 fully saturated rings. The molecule has 0 bridgehead atoms. The third kappa shape index (κ3) is 2.54. The highest BCUT2D eigenvalue weighted by molar-refractivity contribution is 5.26. The van der Waals surface area contributed by atoms with E-state index in [-0.39, 0.29) is 11.6 Å². The number of rotatable bonds is 2. The van der Waals surface area contributed by atoms with Crippen LogP contribution >= 0.6 is 0 Å². The molecule has 4 N–H and O–H groups in total. The predicted molar refractivity (Wildman–Crippen MR) is 56.4 cm³/mol. The molecule has 0 aromatic heterocycles. The van der Waals surface area contributed by atoms with E-state index >= 15 is 0 Å². The van der Waals surface area contributed by atoms with Gasteiger partial charge in [-0.15, -0.1) is 0 Å². The van der Waals surface area contributed by atoms with Gasteiger partial charge in [-0.25, -0.2) is 0 Å². The van der Waals surface area contributed by atoms with Crippen molar-refractivity contribution < 1.29 is 0 Å². The summed E-state index contributed by atoms with van der Waals surface area (Å²) in [6.07, 6.45) is 0. The summed E-state index contributed by atoms with van der Waals surface area (Å²) in [6.45, 7) is 5.94. The Morgan fingerprint density at radius 3 is 2.38 bits per heavy atom. The molecule has 1 aromatic carbocycles. The van der Waals surface area contributed by atoms with E-state index in [1.54, 1.807) is 0 Å². The summed E-state index contributed by atoms with van der Waals surface area (Å²) in [6, 6.07) is 8.06. The largest absolute Gasteiger partial charge is 0.324 e. The van der Waals surface area contributed by atoms with Gasteiger partial charge in [0, 0.05) is 11.6 Å². The van der Waals surface area contributed by atoms with Crippen LogP contribution in [0, 0.1) is 6.92 Å². The van der Waals surface area contributed by atoms with Gasteiger partial charge >= 0.3 is 0 Å². The van der Waals surface area contributed by atoms with Crippen molar-refractivity contribution in [2.75, 3.05) is 0 Å². The molecule has 0 aliphatic heterocycles. The minimum atomic E-state index is -0.367. The maximum absolute atomic E-state index is 6.02. The van der Waals surface area contributed by atoms with Gasteiger partial charge in [-0.2, -0.15) is 0 Å². The Morgan fingerprint density at radius 1 is 1.31 bits per heavy atom. The molecule has 0 heterocycles. The van der Waals surface area contributed by atoms with Gasteiger partial charge in [0.15, 0.2) is 0 Å². The second-order valence-corrected chi connectivity index (χ2v) is 4.21. The van der Waals surface area contributed by atoms with Crippen molar-refractivity contribution in [3.05, 3.63) is 35.4 Å². The molecule has 0 saturated carbocycles. The summed E-state index contributed by atoms with van der Waals surface area (Å²) < 4.78 is 0. The SMILES string of the molecule is Cc1cccc(C(N)C(C)(C)N)c1. The number of hydrogen-bond donors (Lipinski definition) is 2. The van der Waals surface area contributed by atoms with Crippen LogP contribution < -0.4 is 11.5 Å². The lowest BCUT2D eigenvalue weighted by molar-refractivity contribution is 0.420. The molecular formula is C11H18N2.